The molecule has 0 radical (unpaired) electrons. The summed E-state index contributed by atoms with van der Waals surface area (Å²) in [6, 6.07) is 0. The number of nitrogens with zero attached hydrogens (tertiary/aromatic N) is 1. The van der Waals surface area contributed by atoms with Crippen LogP contribution in [0.1, 0.15) is 19.8 Å². The smallest absolute Gasteiger partial charge is 0.409 e. The average molecular weight is 219 g/mol. The molecule has 0 saturated carbocycles. The number of rotatable bonds is 2. The summed E-state index contributed by atoms with van der Waals surface area (Å²) >= 11 is 4.38. The van der Waals surface area contributed by atoms with Crippen LogP contribution in [0.15, 0.2) is 0 Å². The van der Waals surface area contributed by atoms with Gasteiger partial charge in [0.15, 0.2) is 0 Å². The van der Waals surface area contributed by atoms with Gasteiger partial charge in [0.1, 0.15) is 0 Å². The molecule has 0 aromatic carbocycles. The highest BCUT2D eigenvalue weighted by Gasteiger charge is 2.32. The van der Waals surface area contributed by atoms with Gasteiger partial charge in [0.2, 0.25) is 0 Å². The van der Waals surface area contributed by atoms with Crippen molar-refractivity contribution in [3.05, 3.63) is 0 Å². The zero-order valence-corrected chi connectivity index (χ0v) is 9.30. The predicted molar refractivity (Wildman–Crippen MR) is 56.6 cm³/mol. The van der Waals surface area contributed by atoms with E-state index in [4.69, 9.17) is 9.84 Å². The number of hydrogen-bond donors (Lipinski definition) is 2. The quantitative estimate of drug-likeness (QED) is 0.678. The fourth-order valence-corrected chi connectivity index (χ4v) is 1.68. The number of amides is 1. The molecule has 0 aromatic rings. The van der Waals surface area contributed by atoms with Crippen molar-refractivity contribution in [1.29, 1.82) is 0 Å². The number of piperidine rings is 1. The molecule has 1 heterocycles. The molecule has 0 bridgehead atoms. The molecule has 0 unspecified atom stereocenters. The maximum atomic E-state index is 11.3. The summed E-state index contributed by atoms with van der Waals surface area (Å²) in [6.45, 7) is 3.48. The molecule has 1 saturated heterocycles. The minimum Gasteiger partial charge on any atom is -0.450 e. The van der Waals surface area contributed by atoms with Crippen LogP contribution in [0.5, 0.6) is 0 Å². The van der Waals surface area contributed by atoms with Crippen LogP contribution < -0.4 is 0 Å². The van der Waals surface area contributed by atoms with Gasteiger partial charge in [-0.05, 0) is 19.8 Å². The lowest BCUT2D eigenvalue weighted by Gasteiger charge is -2.36. The van der Waals surface area contributed by atoms with Gasteiger partial charge in [-0.2, -0.15) is 12.6 Å². The summed E-state index contributed by atoms with van der Waals surface area (Å²) < 4.78 is 4.57. The van der Waals surface area contributed by atoms with Gasteiger partial charge in [0, 0.05) is 17.8 Å². The summed E-state index contributed by atoms with van der Waals surface area (Å²) in [4.78, 5) is 13.0. The standard InChI is InChI=1S/C9H17NO3S/c1-2-13-8(12)10-5-3-9(14,7-11)4-6-10/h11,14H,2-7H2,1H3. The Hall–Kier alpha value is -0.420. The van der Waals surface area contributed by atoms with E-state index in [0.717, 1.165) is 0 Å². The van der Waals surface area contributed by atoms with Gasteiger partial charge in [0.25, 0.3) is 0 Å². The Morgan fingerprint density at radius 1 is 1.57 bits per heavy atom. The van der Waals surface area contributed by atoms with Crippen molar-refractivity contribution >= 4 is 18.7 Å². The molecule has 1 amide bonds. The lowest BCUT2D eigenvalue weighted by Crippen LogP contribution is -2.45. The van der Waals surface area contributed by atoms with Crippen molar-refractivity contribution in [2.45, 2.75) is 24.5 Å². The summed E-state index contributed by atoms with van der Waals surface area (Å²) in [5.74, 6) is 0. The van der Waals surface area contributed by atoms with Crippen molar-refractivity contribution in [3.8, 4) is 0 Å². The van der Waals surface area contributed by atoms with Gasteiger partial charge in [-0.1, -0.05) is 0 Å². The van der Waals surface area contributed by atoms with E-state index >= 15 is 0 Å². The molecule has 1 rings (SSSR count). The van der Waals surface area contributed by atoms with Gasteiger partial charge in [0.05, 0.1) is 13.2 Å². The molecule has 14 heavy (non-hydrogen) atoms. The number of aliphatic hydroxyl groups excluding tert-OH is 1. The molecule has 82 valence electrons. The van der Waals surface area contributed by atoms with Crippen molar-refractivity contribution < 1.29 is 14.6 Å². The van der Waals surface area contributed by atoms with E-state index < -0.39 is 0 Å². The zero-order valence-electron chi connectivity index (χ0n) is 8.40. The number of likely N-dealkylation sites (tertiary alicyclic amines) is 1. The Morgan fingerprint density at radius 3 is 2.57 bits per heavy atom. The van der Waals surface area contributed by atoms with E-state index in [1.807, 2.05) is 0 Å². The number of carbonyl (C=O) groups is 1. The number of ether oxygens (including phenoxy) is 1. The van der Waals surface area contributed by atoms with Crippen LogP contribution in [0.4, 0.5) is 4.79 Å². The molecule has 0 aliphatic carbocycles. The average Bonchev–Trinajstić information content (AvgIpc) is 2.19. The van der Waals surface area contributed by atoms with Crippen molar-refractivity contribution in [2.75, 3.05) is 26.3 Å². The fraction of sp³-hybridized carbons (Fsp3) is 0.889. The molecule has 0 aromatic heterocycles. The van der Waals surface area contributed by atoms with E-state index in [-0.39, 0.29) is 17.4 Å². The Kier molecular flexibility index (Phi) is 4.07. The molecule has 1 fully saturated rings. The van der Waals surface area contributed by atoms with Gasteiger partial charge in [-0.3, -0.25) is 0 Å². The minimum atomic E-state index is -0.316. The van der Waals surface area contributed by atoms with Crippen LogP contribution in [0.3, 0.4) is 0 Å². The molecule has 0 spiro atoms. The summed E-state index contributed by atoms with van der Waals surface area (Å²) in [7, 11) is 0. The summed E-state index contributed by atoms with van der Waals surface area (Å²) in [5, 5.41) is 9.07. The third kappa shape index (κ3) is 2.78. The maximum Gasteiger partial charge on any atom is 0.409 e. The largest absolute Gasteiger partial charge is 0.450 e. The number of aliphatic hydroxyl groups is 1. The molecule has 5 heteroatoms. The van der Waals surface area contributed by atoms with Gasteiger partial charge < -0.3 is 14.7 Å². The van der Waals surface area contributed by atoms with Crippen LogP contribution in [0, 0.1) is 0 Å². The Balaban J connectivity index is 2.39. The van der Waals surface area contributed by atoms with E-state index in [9.17, 15) is 4.79 Å². The van der Waals surface area contributed by atoms with Crippen molar-refractivity contribution in [1.82, 2.24) is 4.90 Å². The molecule has 1 aliphatic heterocycles. The highest BCUT2D eigenvalue weighted by molar-refractivity contribution is 7.81. The SMILES string of the molecule is CCOC(=O)N1CCC(S)(CO)CC1. The normalized spacial score (nSPS) is 20.6. The van der Waals surface area contributed by atoms with Gasteiger partial charge >= 0.3 is 6.09 Å². The van der Waals surface area contributed by atoms with Gasteiger partial charge in [-0.25, -0.2) is 4.79 Å². The molecule has 0 atom stereocenters. The van der Waals surface area contributed by atoms with Crippen LogP contribution in [-0.2, 0) is 4.74 Å². The van der Waals surface area contributed by atoms with Crippen molar-refractivity contribution in [3.63, 3.8) is 0 Å². The topological polar surface area (TPSA) is 49.8 Å². The first-order valence-electron chi connectivity index (χ1n) is 4.86. The molecular formula is C9H17NO3S. The summed E-state index contributed by atoms with van der Waals surface area (Å²) in [5.41, 5.74) is 0. The first-order valence-corrected chi connectivity index (χ1v) is 5.31. The number of thiol groups is 1. The lowest BCUT2D eigenvalue weighted by atomic mass is 9.97. The molecule has 1 N–H and O–H groups in total. The molecule has 1 aliphatic rings. The van der Waals surface area contributed by atoms with E-state index in [1.165, 1.54) is 0 Å². The monoisotopic (exact) mass is 219 g/mol. The Morgan fingerprint density at radius 2 is 2.14 bits per heavy atom. The van der Waals surface area contributed by atoms with Crippen LogP contribution in [0.25, 0.3) is 0 Å². The third-order valence-electron chi connectivity index (χ3n) is 2.51. The second-order valence-corrected chi connectivity index (χ2v) is 4.52. The number of hydrogen-bond acceptors (Lipinski definition) is 4. The van der Waals surface area contributed by atoms with E-state index in [0.29, 0.717) is 32.5 Å². The molecule has 4 nitrogen and oxygen atoms in total. The fourth-order valence-electron chi connectivity index (χ4n) is 1.48. The highest BCUT2D eigenvalue weighted by Crippen LogP contribution is 2.28. The van der Waals surface area contributed by atoms with Crippen LogP contribution in [-0.4, -0.2) is 47.1 Å². The lowest BCUT2D eigenvalue weighted by molar-refractivity contribution is 0.0884. The van der Waals surface area contributed by atoms with Crippen LogP contribution in [0.2, 0.25) is 0 Å². The highest BCUT2D eigenvalue weighted by atomic mass is 32.1. The summed E-state index contributed by atoms with van der Waals surface area (Å²) in [6.07, 6.45) is 1.16. The first-order chi connectivity index (χ1) is 6.61. The van der Waals surface area contributed by atoms with E-state index in [2.05, 4.69) is 12.6 Å². The Labute approximate surface area is 89.6 Å². The minimum absolute atomic E-state index is 0.0623. The Bertz CT molecular complexity index is 202. The van der Waals surface area contributed by atoms with E-state index in [1.54, 1.807) is 11.8 Å². The third-order valence-corrected chi connectivity index (χ3v) is 3.10. The first kappa shape index (κ1) is 11.7. The van der Waals surface area contributed by atoms with Crippen LogP contribution >= 0.6 is 12.6 Å². The van der Waals surface area contributed by atoms with Crippen molar-refractivity contribution in [2.24, 2.45) is 0 Å². The second-order valence-electron chi connectivity index (χ2n) is 3.57. The zero-order chi connectivity index (χ0) is 10.6. The number of carbonyl (C=O) groups excluding carboxylic acids is 1. The maximum absolute atomic E-state index is 11.3. The molecular weight excluding hydrogens is 202 g/mol. The second kappa shape index (κ2) is 4.89. The predicted octanol–water partition coefficient (Wildman–Crippen LogP) is 0.900. The van der Waals surface area contributed by atoms with Gasteiger partial charge in [-0.15, -0.1) is 0 Å².